The van der Waals surface area contributed by atoms with E-state index < -0.39 is 0 Å². The second-order valence-corrected chi connectivity index (χ2v) is 5.50. The van der Waals surface area contributed by atoms with Crippen LogP contribution < -0.4 is 0 Å². The number of rotatable bonds is 2. The Balaban J connectivity index is 0.000000492. The topological polar surface area (TPSA) is 0 Å². The van der Waals surface area contributed by atoms with E-state index in [1.54, 1.807) is 0 Å². The average Bonchev–Trinajstić information content (AvgIpc) is 2.41. The number of thiol groups is 2. The summed E-state index contributed by atoms with van der Waals surface area (Å²) in [5.74, 6) is 0. The van der Waals surface area contributed by atoms with Gasteiger partial charge in [-0.3, -0.25) is 0 Å². The fourth-order valence-corrected chi connectivity index (χ4v) is 2.05. The Morgan fingerprint density at radius 2 is 1.22 bits per heavy atom. The van der Waals surface area contributed by atoms with Gasteiger partial charge in [-0.2, -0.15) is 0 Å². The molecule has 0 unspecified atom stereocenters. The normalized spacial score (nSPS) is 9.56. The SMILES string of the molecule is CCC.C[SH+]c1ccc(-c2ccc(S)cc2)cc1. The van der Waals surface area contributed by atoms with Gasteiger partial charge in [-0.25, -0.2) is 0 Å². The van der Waals surface area contributed by atoms with Crippen LogP contribution in [0.5, 0.6) is 0 Å². The maximum atomic E-state index is 4.27. The van der Waals surface area contributed by atoms with Crippen LogP contribution in [-0.4, -0.2) is 6.26 Å². The van der Waals surface area contributed by atoms with Crippen LogP contribution in [0, 0.1) is 0 Å². The first-order valence-electron chi connectivity index (χ1n) is 6.20. The highest BCUT2D eigenvalue weighted by Gasteiger charge is 2.00. The van der Waals surface area contributed by atoms with Gasteiger partial charge in [-0.05, 0) is 47.5 Å². The van der Waals surface area contributed by atoms with Crippen molar-refractivity contribution in [2.24, 2.45) is 0 Å². The molecule has 2 aromatic rings. The second-order valence-electron chi connectivity index (χ2n) is 4.02. The summed E-state index contributed by atoms with van der Waals surface area (Å²) in [6, 6.07) is 16.9. The molecular formula is C16H21S2+. The highest BCUT2D eigenvalue weighted by molar-refractivity contribution is 7.80. The summed E-state index contributed by atoms with van der Waals surface area (Å²) < 4.78 is 0. The molecule has 0 fully saturated rings. The molecular weight excluding hydrogens is 256 g/mol. The molecule has 0 saturated carbocycles. The van der Waals surface area contributed by atoms with Crippen molar-refractivity contribution in [1.82, 2.24) is 0 Å². The van der Waals surface area contributed by atoms with E-state index in [0.29, 0.717) is 0 Å². The molecule has 0 heterocycles. The molecule has 0 aliphatic heterocycles. The van der Waals surface area contributed by atoms with Crippen molar-refractivity contribution in [2.75, 3.05) is 6.26 Å². The summed E-state index contributed by atoms with van der Waals surface area (Å²) in [7, 11) is 0. The minimum Gasteiger partial charge on any atom is -0.143 e. The summed E-state index contributed by atoms with van der Waals surface area (Å²) in [6.45, 7) is 4.25. The average molecular weight is 277 g/mol. The van der Waals surface area contributed by atoms with Crippen molar-refractivity contribution in [3.05, 3.63) is 48.5 Å². The predicted molar refractivity (Wildman–Crippen MR) is 88.0 cm³/mol. The molecule has 2 aromatic carbocycles. The minimum absolute atomic E-state index is 1.00. The zero-order valence-corrected chi connectivity index (χ0v) is 13.0. The quantitative estimate of drug-likeness (QED) is 0.588. The lowest BCUT2D eigenvalue weighted by atomic mass is 10.1. The maximum Gasteiger partial charge on any atom is 0.152 e. The van der Waals surface area contributed by atoms with Gasteiger partial charge >= 0.3 is 0 Å². The molecule has 0 atom stereocenters. The first-order valence-corrected chi connectivity index (χ1v) is 7.99. The van der Waals surface area contributed by atoms with Gasteiger partial charge in [-0.15, -0.1) is 12.6 Å². The van der Waals surface area contributed by atoms with Crippen molar-refractivity contribution in [3.8, 4) is 11.1 Å². The Labute approximate surface area is 120 Å². The van der Waals surface area contributed by atoms with Crippen LogP contribution in [0.2, 0.25) is 0 Å². The van der Waals surface area contributed by atoms with Crippen LogP contribution in [0.3, 0.4) is 0 Å². The molecule has 0 spiro atoms. The van der Waals surface area contributed by atoms with Crippen molar-refractivity contribution in [2.45, 2.75) is 30.1 Å². The number of hydrogen-bond acceptors (Lipinski definition) is 1. The van der Waals surface area contributed by atoms with Crippen LogP contribution >= 0.6 is 12.6 Å². The Morgan fingerprint density at radius 3 is 1.61 bits per heavy atom. The monoisotopic (exact) mass is 277 g/mol. The first kappa shape index (κ1) is 15.2. The highest BCUT2D eigenvalue weighted by atomic mass is 32.2. The molecule has 2 rings (SSSR count). The largest absolute Gasteiger partial charge is 0.152 e. The first-order chi connectivity index (χ1) is 8.71. The van der Waals surface area contributed by atoms with Crippen LogP contribution in [0.15, 0.2) is 58.3 Å². The van der Waals surface area contributed by atoms with E-state index in [0.717, 1.165) is 4.90 Å². The van der Waals surface area contributed by atoms with Gasteiger partial charge in [-0.1, -0.05) is 32.4 Å². The number of hydrogen-bond donors (Lipinski definition) is 1. The molecule has 96 valence electrons. The summed E-state index contributed by atoms with van der Waals surface area (Å²) in [5.41, 5.74) is 2.50. The van der Waals surface area contributed by atoms with Gasteiger partial charge in [0.1, 0.15) is 6.26 Å². The van der Waals surface area contributed by atoms with Crippen molar-refractivity contribution in [3.63, 3.8) is 0 Å². The summed E-state index contributed by atoms with van der Waals surface area (Å²) in [5, 5.41) is 0. The molecule has 0 nitrogen and oxygen atoms in total. The molecule has 0 saturated heterocycles. The Bertz CT molecular complexity index is 444. The lowest BCUT2D eigenvalue weighted by molar-refractivity contribution is 1.09. The molecule has 0 aromatic heterocycles. The second kappa shape index (κ2) is 8.28. The molecule has 0 N–H and O–H groups in total. The van der Waals surface area contributed by atoms with E-state index in [2.05, 4.69) is 69.1 Å². The van der Waals surface area contributed by atoms with Gasteiger partial charge in [0.15, 0.2) is 4.90 Å². The third kappa shape index (κ3) is 4.79. The lowest BCUT2D eigenvalue weighted by Crippen LogP contribution is -1.81. The highest BCUT2D eigenvalue weighted by Crippen LogP contribution is 2.21. The van der Waals surface area contributed by atoms with Crippen molar-refractivity contribution in [1.29, 1.82) is 0 Å². The third-order valence-electron chi connectivity index (χ3n) is 2.33. The Hall–Kier alpha value is -0.860. The van der Waals surface area contributed by atoms with Crippen LogP contribution in [-0.2, 0) is 11.8 Å². The lowest BCUT2D eigenvalue weighted by Gasteiger charge is -2.01. The minimum atomic E-state index is 1.00. The molecule has 0 aliphatic rings. The fraction of sp³-hybridized carbons (Fsp3) is 0.250. The smallest absolute Gasteiger partial charge is 0.143 e. The molecule has 18 heavy (non-hydrogen) atoms. The van der Waals surface area contributed by atoms with Crippen LogP contribution in [0.25, 0.3) is 11.1 Å². The zero-order chi connectivity index (χ0) is 13.4. The van der Waals surface area contributed by atoms with E-state index in [-0.39, 0.29) is 0 Å². The van der Waals surface area contributed by atoms with Gasteiger partial charge in [0, 0.05) is 16.7 Å². The van der Waals surface area contributed by atoms with Gasteiger partial charge in [0.25, 0.3) is 0 Å². The summed E-state index contributed by atoms with van der Waals surface area (Å²) >= 11 is 5.59. The van der Waals surface area contributed by atoms with Crippen molar-refractivity contribution >= 4 is 24.4 Å². The van der Waals surface area contributed by atoms with Crippen LogP contribution in [0.4, 0.5) is 0 Å². The van der Waals surface area contributed by atoms with E-state index in [1.165, 1.54) is 34.2 Å². The van der Waals surface area contributed by atoms with Gasteiger partial charge in [0.2, 0.25) is 0 Å². The van der Waals surface area contributed by atoms with E-state index in [1.807, 2.05) is 12.1 Å². The standard InChI is InChI=1S/C13H12S2.C3H8/c1-15-13-8-4-11(5-9-13)10-2-6-12(14)7-3-10;1-3-2/h2-9,14H,1H3;3H2,1-2H3/p+1. The van der Waals surface area contributed by atoms with Gasteiger partial charge < -0.3 is 0 Å². The van der Waals surface area contributed by atoms with Crippen LogP contribution in [0.1, 0.15) is 20.3 Å². The Kier molecular flexibility index (Phi) is 6.99. The molecule has 0 amide bonds. The molecule has 2 heteroatoms. The van der Waals surface area contributed by atoms with E-state index in [9.17, 15) is 0 Å². The third-order valence-corrected chi connectivity index (χ3v) is 3.44. The van der Waals surface area contributed by atoms with E-state index >= 15 is 0 Å². The zero-order valence-electron chi connectivity index (χ0n) is 11.2. The fourth-order valence-electron chi connectivity index (χ4n) is 1.46. The number of benzene rings is 2. The van der Waals surface area contributed by atoms with E-state index in [4.69, 9.17) is 0 Å². The van der Waals surface area contributed by atoms with Crippen molar-refractivity contribution < 1.29 is 0 Å². The molecule has 0 aliphatic carbocycles. The summed E-state index contributed by atoms with van der Waals surface area (Å²) in [4.78, 5) is 2.35. The molecule has 0 radical (unpaired) electrons. The van der Waals surface area contributed by atoms with Gasteiger partial charge in [0.05, 0.1) is 0 Å². The maximum absolute atomic E-state index is 4.27. The molecule has 0 bridgehead atoms. The Morgan fingerprint density at radius 1 is 0.833 bits per heavy atom. The summed E-state index contributed by atoms with van der Waals surface area (Å²) in [6.07, 6.45) is 3.39. The predicted octanol–water partition coefficient (Wildman–Crippen LogP) is 4.86.